The fraction of sp³-hybridized carbons (Fsp3) is 0.438. The summed E-state index contributed by atoms with van der Waals surface area (Å²) in [4.78, 5) is 14.0. The van der Waals surface area contributed by atoms with Crippen molar-refractivity contribution in [3.05, 3.63) is 35.4 Å². The summed E-state index contributed by atoms with van der Waals surface area (Å²) in [5.41, 5.74) is 7.43. The molecule has 1 aliphatic rings. The number of hydrogen-bond acceptors (Lipinski definition) is 3. The summed E-state index contributed by atoms with van der Waals surface area (Å²) in [5.74, 6) is 7.18. The lowest BCUT2D eigenvalue weighted by Crippen LogP contribution is -2.33. The van der Waals surface area contributed by atoms with Crippen molar-refractivity contribution in [3.8, 4) is 11.8 Å². The minimum Gasteiger partial charge on any atom is -0.340 e. The molecule has 0 radical (unpaired) electrons. The van der Waals surface area contributed by atoms with E-state index >= 15 is 0 Å². The Bertz CT molecular complexity index is 510. The average Bonchev–Trinajstić information content (AvgIpc) is 3.00. The Kier molecular flexibility index (Phi) is 5.51. The molecule has 0 aliphatic carbocycles. The number of thioether (sulfide) groups is 1. The number of nitrogens with zero attached hydrogens (tertiary/aromatic N) is 1. The van der Waals surface area contributed by atoms with Crippen molar-refractivity contribution < 1.29 is 4.79 Å². The van der Waals surface area contributed by atoms with Crippen LogP contribution in [0, 0.1) is 11.8 Å². The molecule has 106 valence electrons. The highest BCUT2D eigenvalue weighted by molar-refractivity contribution is 8.00. The quantitative estimate of drug-likeness (QED) is 0.864. The van der Waals surface area contributed by atoms with Gasteiger partial charge in [-0.2, -0.15) is 0 Å². The molecule has 20 heavy (non-hydrogen) atoms. The van der Waals surface area contributed by atoms with Crippen LogP contribution in [0.15, 0.2) is 24.3 Å². The van der Waals surface area contributed by atoms with Crippen LogP contribution in [0.2, 0.25) is 0 Å². The van der Waals surface area contributed by atoms with Crippen molar-refractivity contribution in [2.75, 3.05) is 19.3 Å². The van der Waals surface area contributed by atoms with Crippen LogP contribution in [0.1, 0.15) is 24.0 Å². The van der Waals surface area contributed by atoms with Crippen LogP contribution in [-0.4, -0.2) is 35.4 Å². The standard InChI is InChI=1S/C16H20N2OS/c1-18(16(19)15-5-3-11-20-15)12-14-8-6-13(7-9-14)4-2-10-17/h6-9,15H,3,5,10-12,17H2,1H3. The van der Waals surface area contributed by atoms with Crippen molar-refractivity contribution in [3.63, 3.8) is 0 Å². The van der Waals surface area contributed by atoms with E-state index in [2.05, 4.69) is 11.8 Å². The smallest absolute Gasteiger partial charge is 0.235 e. The molecule has 1 unspecified atom stereocenters. The zero-order valence-corrected chi connectivity index (χ0v) is 12.6. The molecule has 1 aliphatic heterocycles. The van der Waals surface area contributed by atoms with E-state index in [0.717, 1.165) is 29.7 Å². The van der Waals surface area contributed by atoms with Crippen LogP contribution < -0.4 is 5.73 Å². The van der Waals surface area contributed by atoms with Crippen LogP contribution in [0.5, 0.6) is 0 Å². The number of benzene rings is 1. The Labute approximate surface area is 124 Å². The van der Waals surface area contributed by atoms with Crippen molar-refractivity contribution in [2.24, 2.45) is 5.73 Å². The van der Waals surface area contributed by atoms with Gasteiger partial charge in [0.1, 0.15) is 0 Å². The maximum absolute atomic E-state index is 12.2. The van der Waals surface area contributed by atoms with E-state index in [1.807, 2.05) is 36.2 Å². The van der Waals surface area contributed by atoms with Gasteiger partial charge in [-0.1, -0.05) is 24.0 Å². The minimum absolute atomic E-state index is 0.162. The van der Waals surface area contributed by atoms with Gasteiger partial charge in [0.05, 0.1) is 11.8 Å². The first-order valence-electron chi connectivity index (χ1n) is 6.85. The minimum atomic E-state index is 0.162. The second kappa shape index (κ2) is 7.37. The Morgan fingerprint density at radius 1 is 1.45 bits per heavy atom. The molecule has 1 aromatic carbocycles. The second-order valence-corrected chi connectivity index (χ2v) is 6.21. The van der Waals surface area contributed by atoms with Gasteiger partial charge in [0.15, 0.2) is 0 Å². The molecule has 1 atom stereocenters. The highest BCUT2D eigenvalue weighted by Crippen LogP contribution is 2.27. The maximum Gasteiger partial charge on any atom is 0.235 e. The predicted octanol–water partition coefficient (Wildman–Crippen LogP) is 1.85. The summed E-state index contributed by atoms with van der Waals surface area (Å²) in [5, 5.41) is 0.162. The number of carbonyl (C=O) groups is 1. The van der Waals surface area contributed by atoms with E-state index in [4.69, 9.17) is 5.73 Å². The first-order chi connectivity index (χ1) is 9.70. The lowest BCUT2D eigenvalue weighted by Gasteiger charge is -2.20. The molecule has 1 aromatic rings. The second-order valence-electron chi connectivity index (χ2n) is 4.90. The summed E-state index contributed by atoms with van der Waals surface area (Å²) in [6.07, 6.45) is 2.17. The summed E-state index contributed by atoms with van der Waals surface area (Å²) in [7, 11) is 1.88. The fourth-order valence-electron chi connectivity index (χ4n) is 2.22. The predicted molar refractivity (Wildman–Crippen MR) is 84.3 cm³/mol. The summed E-state index contributed by atoms with van der Waals surface area (Å²) >= 11 is 1.78. The molecule has 0 spiro atoms. The van der Waals surface area contributed by atoms with E-state index in [0.29, 0.717) is 13.1 Å². The molecule has 0 bridgehead atoms. The van der Waals surface area contributed by atoms with Gasteiger partial charge in [-0.15, -0.1) is 11.8 Å². The number of rotatable bonds is 3. The molecule has 4 heteroatoms. The van der Waals surface area contributed by atoms with Crippen LogP contribution in [0.4, 0.5) is 0 Å². The van der Waals surface area contributed by atoms with Crippen molar-refractivity contribution in [1.82, 2.24) is 4.90 Å². The first kappa shape index (κ1) is 15.0. The monoisotopic (exact) mass is 288 g/mol. The number of nitrogens with two attached hydrogens (primary N) is 1. The molecule has 1 amide bonds. The molecular formula is C16H20N2OS. The highest BCUT2D eigenvalue weighted by Gasteiger charge is 2.25. The van der Waals surface area contributed by atoms with Gasteiger partial charge < -0.3 is 10.6 Å². The van der Waals surface area contributed by atoms with Crippen LogP contribution in [-0.2, 0) is 11.3 Å². The number of hydrogen-bond donors (Lipinski definition) is 1. The van der Waals surface area contributed by atoms with Gasteiger partial charge in [-0.25, -0.2) is 0 Å². The summed E-state index contributed by atoms with van der Waals surface area (Å²) in [6, 6.07) is 7.99. The molecule has 0 aromatic heterocycles. The van der Waals surface area contributed by atoms with E-state index in [1.54, 1.807) is 11.8 Å². The van der Waals surface area contributed by atoms with Crippen molar-refractivity contribution in [1.29, 1.82) is 0 Å². The molecule has 2 N–H and O–H groups in total. The van der Waals surface area contributed by atoms with E-state index in [-0.39, 0.29) is 11.2 Å². The molecule has 1 fully saturated rings. The van der Waals surface area contributed by atoms with Crippen molar-refractivity contribution >= 4 is 17.7 Å². The number of carbonyl (C=O) groups excluding carboxylic acids is 1. The molecule has 2 rings (SSSR count). The molecule has 1 saturated heterocycles. The SMILES string of the molecule is CN(Cc1ccc(C#CCN)cc1)C(=O)C1CCCS1. The van der Waals surface area contributed by atoms with Gasteiger partial charge in [-0.3, -0.25) is 4.79 Å². The van der Waals surface area contributed by atoms with E-state index in [9.17, 15) is 4.79 Å². The lowest BCUT2D eigenvalue weighted by atomic mass is 10.1. The van der Waals surface area contributed by atoms with Crippen molar-refractivity contribution in [2.45, 2.75) is 24.6 Å². The molecule has 3 nitrogen and oxygen atoms in total. The first-order valence-corrected chi connectivity index (χ1v) is 7.90. The topological polar surface area (TPSA) is 46.3 Å². The van der Waals surface area contributed by atoms with Crippen LogP contribution >= 0.6 is 11.8 Å². The molecule has 0 saturated carbocycles. The Hall–Kier alpha value is -1.44. The Morgan fingerprint density at radius 2 is 2.20 bits per heavy atom. The number of amides is 1. The van der Waals surface area contributed by atoms with Gasteiger partial charge in [0.2, 0.25) is 5.91 Å². The summed E-state index contributed by atoms with van der Waals surface area (Å²) < 4.78 is 0. The molecular weight excluding hydrogens is 268 g/mol. The summed E-state index contributed by atoms with van der Waals surface area (Å²) in [6.45, 7) is 1.03. The van der Waals surface area contributed by atoms with E-state index in [1.165, 1.54) is 0 Å². The van der Waals surface area contributed by atoms with Crippen LogP contribution in [0.3, 0.4) is 0 Å². The van der Waals surface area contributed by atoms with Gasteiger partial charge in [0.25, 0.3) is 0 Å². The zero-order chi connectivity index (χ0) is 14.4. The maximum atomic E-state index is 12.2. The lowest BCUT2D eigenvalue weighted by molar-refractivity contribution is -0.129. The highest BCUT2D eigenvalue weighted by atomic mass is 32.2. The third-order valence-corrected chi connectivity index (χ3v) is 4.65. The van der Waals surface area contributed by atoms with Gasteiger partial charge in [0, 0.05) is 19.2 Å². The fourth-order valence-corrected chi connectivity index (χ4v) is 3.49. The average molecular weight is 288 g/mol. The molecule has 1 heterocycles. The zero-order valence-electron chi connectivity index (χ0n) is 11.8. The normalized spacial score (nSPS) is 17.4. The van der Waals surface area contributed by atoms with Gasteiger partial charge in [-0.05, 0) is 36.3 Å². The van der Waals surface area contributed by atoms with E-state index < -0.39 is 0 Å². The third kappa shape index (κ3) is 4.03. The van der Waals surface area contributed by atoms with Gasteiger partial charge >= 0.3 is 0 Å². The Morgan fingerprint density at radius 3 is 2.80 bits per heavy atom. The largest absolute Gasteiger partial charge is 0.340 e. The Balaban J connectivity index is 1.93. The third-order valence-electron chi connectivity index (χ3n) is 3.29. The van der Waals surface area contributed by atoms with Crippen LogP contribution in [0.25, 0.3) is 0 Å².